The van der Waals surface area contributed by atoms with Crippen LogP contribution in [0.2, 0.25) is 10.0 Å². The Labute approximate surface area is 121 Å². The maximum Gasteiger partial charge on any atom is 0.129 e. The van der Waals surface area contributed by atoms with Gasteiger partial charge < -0.3 is 5.11 Å². The quantitative estimate of drug-likeness (QED) is 0.842. The first-order valence-corrected chi connectivity index (χ1v) is 6.55. The Kier molecular flexibility index (Phi) is 4.14. The van der Waals surface area contributed by atoms with E-state index >= 15 is 0 Å². The fourth-order valence-corrected chi connectivity index (χ4v) is 2.55. The highest BCUT2D eigenvalue weighted by molar-refractivity contribution is 6.33. The van der Waals surface area contributed by atoms with Gasteiger partial charge in [-0.2, -0.15) is 0 Å². The summed E-state index contributed by atoms with van der Waals surface area (Å²) < 4.78 is 14.0. The third-order valence-corrected chi connectivity index (χ3v) is 3.59. The van der Waals surface area contributed by atoms with E-state index in [1.54, 1.807) is 32.0 Å². The van der Waals surface area contributed by atoms with Gasteiger partial charge in [0.15, 0.2) is 0 Å². The predicted molar refractivity (Wildman–Crippen MR) is 76.4 cm³/mol. The number of aliphatic hydroxyl groups is 1. The first kappa shape index (κ1) is 14.3. The SMILES string of the molecule is Cc1cc(C)c(C(O)c2cc(Cl)ccc2Cl)c(F)c1. The highest BCUT2D eigenvalue weighted by atomic mass is 35.5. The molecule has 0 aliphatic carbocycles. The third kappa shape index (κ3) is 2.92. The second kappa shape index (κ2) is 5.49. The van der Waals surface area contributed by atoms with Gasteiger partial charge in [-0.3, -0.25) is 0 Å². The zero-order chi connectivity index (χ0) is 14.2. The fourth-order valence-electron chi connectivity index (χ4n) is 2.15. The van der Waals surface area contributed by atoms with Gasteiger partial charge in [0.1, 0.15) is 11.9 Å². The van der Waals surface area contributed by atoms with E-state index in [4.69, 9.17) is 23.2 Å². The number of rotatable bonds is 2. The van der Waals surface area contributed by atoms with Crippen LogP contribution >= 0.6 is 23.2 Å². The van der Waals surface area contributed by atoms with Crippen LogP contribution in [0.4, 0.5) is 4.39 Å². The van der Waals surface area contributed by atoms with Crippen LogP contribution in [0, 0.1) is 19.7 Å². The van der Waals surface area contributed by atoms with Crippen molar-refractivity contribution in [2.24, 2.45) is 0 Å². The van der Waals surface area contributed by atoms with Crippen molar-refractivity contribution in [1.82, 2.24) is 0 Å². The zero-order valence-corrected chi connectivity index (χ0v) is 12.1. The van der Waals surface area contributed by atoms with E-state index in [2.05, 4.69) is 0 Å². The van der Waals surface area contributed by atoms with E-state index in [1.165, 1.54) is 6.07 Å². The third-order valence-electron chi connectivity index (χ3n) is 3.01. The average Bonchev–Trinajstić information content (AvgIpc) is 2.30. The number of aryl methyl sites for hydroxylation is 2. The molecule has 2 rings (SSSR count). The van der Waals surface area contributed by atoms with E-state index in [1.807, 2.05) is 6.07 Å². The Morgan fingerprint density at radius 1 is 1.11 bits per heavy atom. The van der Waals surface area contributed by atoms with Gasteiger partial charge in [-0.1, -0.05) is 29.3 Å². The predicted octanol–water partition coefficient (Wildman–Crippen LogP) is 4.83. The molecule has 4 heteroatoms. The minimum absolute atomic E-state index is 0.231. The standard InChI is InChI=1S/C15H13Cl2FO/c1-8-5-9(2)14(13(18)6-8)15(19)11-7-10(16)3-4-12(11)17/h3-7,15,19H,1-2H3. The summed E-state index contributed by atoms with van der Waals surface area (Å²) in [6, 6.07) is 7.97. The van der Waals surface area contributed by atoms with Crippen LogP contribution in [-0.4, -0.2) is 5.11 Å². The van der Waals surface area contributed by atoms with Crippen molar-refractivity contribution >= 4 is 23.2 Å². The molecule has 0 bridgehead atoms. The fraction of sp³-hybridized carbons (Fsp3) is 0.200. The van der Waals surface area contributed by atoms with Gasteiger partial charge in [0.25, 0.3) is 0 Å². The zero-order valence-electron chi connectivity index (χ0n) is 10.5. The second-order valence-electron chi connectivity index (χ2n) is 4.55. The van der Waals surface area contributed by atoms with E-state index < -0.39 is 11.9 Å². The van der Waals surface area contributed by atoms with Crippen molar-refractivity contribution in [2.45, 2.75) is 20.0 Å². The van der Waals surface area contributed by atoms with Crippen molar-refractivity contribution in [3.8, 4) is 0 Å². The molecule has 1 N–H and O–H groups in total. The van der Waals surface area contributed by atoms with Crippen molar-refractivity contribution in [3.63, 3.8) is 0 Å². The maximum atomic E-state index is 14.0. The monoisotopic (exact) mass is 298 g/mol. The van der Waals surface area contributed by atoms with E-state index in [0.29, 0.717) is 21.2 Å². The van der Waals surface area contributed by atoms with Crippen LogP contribution in [-0.2, 0) is 0 Å². The summed E-state index contributed by atoms with van der Waals surface area (Å²) in [5.41, 5.74) is 2.12. The molecule has 1 unspecified atom stereocenters. The molecule has 2 aromatic carbocycles. The molecule has 0 spiro atoms. The van der Waals surface area contributed by atoms with Crippen LogP contribution in [0.1, 0.15) is 28.4 Å². The second-order valence-corrected chi connectivity index (χ2v) is 5.39. The molecular formula is C15H13Cl2FO. The minimum Gasteiger partial charge on any atom is -0.383 e. The number of hydrogen-bond donors (Lipinski definition) is 1. The number of hydrogen-bond acceptors (Lipinski definition) is 1. The van der Waals surface area contributed by atoms with Gasteiger partial charge in [-0.05, 0) is 49.2 Å². The molecule has 0 aromatic heterocycles. The molecule has 0 saturated heterocycles. The molecule has 1 atom stereocenters. The summed E-state index contributed by atoms with van der Waals surface area (Å²) in [5, 5.41) is 11.2. The highest BCUT2D eigenvalue weighted by Gasteiger charge is 2.20. The summed E-state index contributed by atoms with van der Waals surface area (Å²) in [4.78, 5) is 0. The average molecular weight is 299 g/mol. The van der Waals surface area contributed by atoms with Crippen molar-refractivity contribution in [2.75, 3.05) is 0 Å². The summed E-state index contributed by atoms with van der Waals surface area (Å²) >= 11 is 11.9. The topological polar surface area (TPSA) is 20.2 Å². The van der Waals surface area contributed by atoms with Gasteiger partial charge in [0.2, 0.25) is 0 Å². The molecule has 1 nitrogen and oxygen atoms in total. The lowest BCUT2D eigenvalue weighted by Crippen LogP contribution is -2.06. The molecule has 100 valence electrons. The largest absolute Gasteiger partial charge is 0.383 e. The molecule has 0 amide bonds. The molecule has 0 fully saturated rings. The Bertz CT molecular complexity index is 603. The van der Waals surface area contributed by atoms with E-state index in [-0.39, 0.29) is 5.56 Å². The lowest BCUT2D eigenvalue weighted by molar-refractivity contribution is 0.214. The van der Waals surface area contributed by atoms with Crippen molar-refractivity contribution < 1.29 is 9.50 Å². The minimum atomic E-state index is -1.13. The molecule has 0 saturated carbocycles. The molecule has 0 heterocycles. The van der Waals surface area contributed by atoms with Gasteiger partial charge >= 0.3 is 0 Å². The molecule has 19 heavy (non-hydrogen) atoms. The summed E-state index contributed by atoms with van der Waals surface area (Å²) in [6.07, 6.45) is -1.13. The summed E-state index contributed by atoms with van der Waals surface area (Å²) in [5.74, 6) is -0.443. The number of halogens is 3. The lowest BCUT2D eigenvalue weighted by Gasteiger charge is -2.17. The normalized spacial score (nSPS) is 12.5. The first-order chi connectivity index (χ1) is 8.90. The molecule has 0 aliphatic heterocycles. The van der Waals surface area contributed by atoms with Crippen LogP contribution in [0.15, 0.2) is 30.3 Å². The molecule has 0 aliphatic rings. The number of benzene rings is 2. The van der Waals surface area contributed by atoms with E-state index in [0.717, 1.165) is 5.56 Å². The van der Waals surface area contributed by atoms with Crippen LogP contribution in [0.3, 0.4) is 0 Å². The Morgan fingerprint density at radius 3 is 2.42 bits per heavy atom. The van der Waals surface area contributed by atoms with Gasteiger partial charge in [0.05, 0.1) is 0 Å². The lowest BCUT2D eigenvalue weighted by atomic mass is 9.95. The Hall–Kier alpha value is -1.09. The van der Waals surface area contributed by atoms with Gasteiger partial charge in [0, 0.05) is 21.2 Å². The first-order valence-electron chi connectivity index (χ1n) is 5.80. The summed E-state index contributed by atoms with van der Waals surface area (Å²) in [7, 11) is 0. The van der Waals surface area contributed by atoms with Crippen molar-refractivity contribution in [3.05, 3.63) is 68.4 Å². The smallest absolute Gasteiger partial charge is 0.129 e. The highest BCUT2D eigenvalue weighted by Crippen LogP contribution is 2.33. The molecular weight excluding hydrogens is 286 g/mol. The maximum absolute atomic E-state index is 14.0. The summed E-state index contributed by atoms with van der Waals surface area (Å²) in [6.45, 7) is 3.56. The van der Waals surface area contributed by atoms with Crippen molar-refractivity contribution in [1.29, 1.82) is 0 Å². The Morgan fingerprint density at radius 2 is 1.79 bits per heavy atom. The Balaban J connectivity index is 2.56. The van der Waals surface area contributed by atoms with E-state index in [9.17, 15) is 9.50 Å². The van der Waals surface area contributed by atoms with Gasteiger partial charge in [-0.15, -0.1) is 0 Å². The van der Waals surface area contributed by atoms with Crippen LogP contribution in [0.5, 0.6) is 0 Å². The number of aliphatic hydroxyl groups excluding tert-OH is 1. The van der Waals surface area contributed by atoms with Crippen LogP contribution in [0.25, 0.3) is 0 Å². The molecule has 2 aromatic rings. The van der Waals surface area contributed by atoms with Gasteiger partial charge in [-0.25, -0.2) is 4.39 Å². The molecule has 0 radical (unpaired) electrons. The van der Waals surface area contributed by atoms with Crippen LogP contribution < -0.4 is 0 Å².